The van der Waals surface area contributed by atoms with Gasteiger partial charge in [-0.25, -0.2) is 4.39 Å². The fourth-order valence-corrected chi connectivity index (χ4v) is 2.37. The molecule has 0 aliphatic rings. The first-order valence-corrected chi connectivity index (χ1v) is 6.74. The monoisotopic (exact) mass is 282 g/mol. The van der Waals surface area contributed by atoms with Gasteiger partial charge in [0.2, 0.25) is 0 Å². The first-order valence-electron chi connectivity index (χ1n) is 6.74. The van der Waals surface area contributed by atoms with Crippen LogP contribution >= 0.6 is 0 Å². The van der Waals surface area contributed by atoms with E-state index in [2.05, 4.69) is 10.3 Å². The number of anilines is 1. The minimum absolute atomic E-state index is 0.0708. The number of hydrogen-bond donors (Lipinski definition) is 2. The molecule has 0 saturated heterocycles. The van der Waals surface area contributed by atoms with Crippen LogP contribution in [0.2, 0.25) is 0 Å². The summed E-state index contributed by atoms with van der Waals surface area (Å²) in [6.45, 7) is 1.96. The van der Waals surface area contributed by atoms with Crippen molar-refractivity contribution in [2.75, 3.05) is 5.32 Å². The Morgan fingerprint density at radius 1 is 1.05 bits per heavy atom. The molecule has 3 nitrogen and oxygen atoms in total. The third-order valence-corrected chi connectivity index (χ3v) is 3.46. The number of phenols is 1. The van der Waals surface area contributed by atoms with Gasteiger partial charge in [-0.1, -0.05) is 24.3 Å². The zero-order valence-corrected chi connectivity index (χ0v) is 11.5. The molecular formula is C17H15FN2O. The third-order valence-electron chi connectivity index (χ3n) is 3.46. The maximum atomic E-state index is 12.9. The molecule has 0 aliphatic carbocycles. The molecule has 0 radical (unpaired) electrons. The number of rotatable bonds is 3. The van der Waals surface area contributed by atoms with Crippen LogP contribution in [0.5, 0.6) is 5.75 Å². The van der Waals surface area contributed by atoms with E-state index in [4.69, 9.17) is 0 Å². The number of pyridine rings is 1. The molecular weight excluding hydrogens is 267 g/mol. The number of aromatic hydroxyl groups is 1. The van der Waals surface area contributed by atoms with Crippen molar-refractivity contribution in [3.63, 3.8) is 0 Å². The molecule has 0 fully saturated rings. The number of fused-ring (bicyclic) bond motifs is 1. The van der Waals surface area contributed by atoms with E-state index in [1.54, 1.807) is 12.1 Å². The molecule has 0 aliphatic heterocycles. The van der Waals surface area contributed by atoms with Crippen molar-refractivity contribution in [3.05, 3.63) is 66.2 Å². The topological polar surface area (TPSA) is 45.1 Å². The van der Waals surface area contributed by atoms with Gasteiger partial charge < -0.3 is 10.4 Å². The van der Waals surface area contributed by atoms with E-state index in [1.807, 2.05) is 37.3 Å². The zero-order valence-electron chi connectivity index (χ0n) is 11.5. The molecule has 1 unspecified atom stereocenters. The van der Waals surface area contributed by atoms with E-state index in [9.17, 15) is 9.50 Å². The normalized spacial score (nSPS) is 12.3. The Hall–Kier alpha value is -2.62. The Labute approximate surface area is 122 Å². The summed E-state index contributed by atoms with van der Waals surface area (Å²) >= 11 is 0. The maximum Gasteiger partial charge on any atom is 0.141 e. The van der Waals surface area contributed by atoms with Crippen molar-refractivity contribution in [1.29, 1.82) is 0 Å². The molecule has 2 N–H and O–H groups in total. The van der Waals surface area contributed by atoms with Gasteiger partial charge >= 0.3 is 0 Å². The molecule has 0 bridgehead atoms. The van der Waals surface area contributed by atoms with Gasteiger partial charge in [-0.2, -0.15) is 0 Å². The number of benzene rings is 2. The van der Waals surface area contributed by atoms with Crippen LogP contribution in [-0.4, -0.2) is 10.1 Å². The van der Waals surface area contributed by atoms with Crippen LogP contribution in [0.25, 0.3) is 10.8 Å². The van der Waals surface area contributed by atoms with Gasteiger partial charge in [-0.15, -0.1) is 0 Å². The highest BCUT2D eigenvalue weighted by Gasteiger charge is 2.10. The summed E-state index contributed by atoms with van der Waals surface area (Å²) in [4.78, 5) is 4.09. The van der Waals surface area contributed by atoms with Crippen molar-refractivity contribution < 1.29 is 9.50 Å². The second kappa shape index (κ2) is 5.40. The predicted molar refractivity (Wildman–Crippen MR) is 81.8 cm³/mol. The van der Waals surface area contributed by atoms with E-state index >= 15 is 0 Å². The summed E-state index contributed by atoms with van der Waals surface area (Å²) in [5.41, 5.74) is 1.66. The van der Waals surface area contributed by atoms with Gasteiger partial charge in [-0.3, -0.25) is 4.98 Å². The van der Waals surface area contributed by atoms with Crippen LogP contribution in [0.4, 0.5) is 10.1 Å². The third kappa shape index (κ3) is 2.65. The van der Waals surface area contributed by atoms with Gasteiger partial charge in [0.15, 0.2) is 0 Å². The van der Waals surface area contributed by atoms with Gasteiger partial charge in [0.1, 0.15) is 11.6 Å². The van der Waals surface area contributed by atoms with Crippen LogP contribution in [0.15, 0.2) is 54.7 Å². The molecule has 0 spiro atoms. The average Bonchev–Trinajstić information content (AvgIpc) is 2.49. The van der Waals surface area contributed by atoms with Gasteiger partial charge in [0.25, 0.3) is 0 Å². The summed E-state index contributed by atoms with van der Waals surface area (Å²) in [6.07, 6.45) is 1.21. The second-order valence-electron chi connectivity index (χ2n) is 4.95. The summed E-state index contributed by atoms with van der Waals surface area (Å²) < 4.78 is 12.9. The van der Waals surface area contributed by atoms with E-state index in [-0.39, 0.29) is 17.6 Å². The summed E-state index contributed by atoms with van der Waals surface area (Å²) in [7, 11) is 0. The fourth-order valence-electron chi connectivity index (χ4n) is 2.37. The molecule has 1 aromatic heterocycles. The lowest BCUT2D eigenvalue weighted by molar-refractivity contribution is 0.481. The van der Waals surface area contributed by atoms with Gasteiger partial charge in [0.05, 0.1) is 17.9 Å². The number of nitrogens with zero attached hydrogens (tertiary/aromatic N) is 1. The highest BCUT2D eigenvalue weighted by molar-refractivity contribution is 5.97. The largest absolute Gasteiger partial charge is 0.507 e. The molecule has 1 atom stereocenters. The maximum absolute atomic E-state index is 12.9. The Morgan fingerprint density at radius 2 is 1.81 bits per heavy atom. The lowest BCUT2D eigenvalue weighted by Crippen LogP contribution is -2.08. The summed E-state index contributed by atoms with van der Waals surface area (Å²) in [5.74, 6) is -0.0928. The lowest BCUT2D eigenvalue weighted by atomic mass is 10.1. The average molecular weight is 282 g/mol. The van der Waals surface area contributed by atoms with Crippen LogP contribution in [-0.2, 0) is 0 Å². The number of phenolic OH excluding ortho intramolecular Hbond substituents is 1. The van der Waals surface area contributed by atoms with Crippen LogP contribution < -0.4 is 5.32 Å². The van der Waals surface area contributed by atoms with E-state index in [1.165, 1.54) is 12.3 Å². The minimum atomic E-state index is -0.346. The Balaban J connectivity index is 1.94. The van der Waals surface area contributed by atoms with Crippen molar-refractivity contribution >= 4 is 16.5 Å². The Kier molecular flexibility index (Phi) is 3.44. The molecule has 2 aromatic carbocycles. The highest BCUT2D eigenvalue weighted by atomic mass is 19.1. The number of aromatic nitrogens is 1. The minimum Gasteiger partial charge on any atom is -0.507 e. The summed E-state index contributed by atoms with van der Waals surface area (Å²) in [5, 5.41) is 15.0. The van der Waals surface area contributed by atoms with Crippen LogP contribution in [0.3, 0.4) is 0 Å². The van der Waals surface area contributed by atoms with E-state index in [0.717, 1.165) is 22.2 Å². The van der Waals surface area contributed by atoms with Crippen molar-refractivity contribution in [1.82, 2.24) is 4.98 Å². The van der Waals surface area contributed by atoms with Crippen molar-refractivity contribution in [2.24, 2.45) is 0 Å². The fraction of sp³-hybridized carbons (Fsp3) is 0.118. The molecule has 21 heavy (non-hydrogen) atoms. The molecule has 4 heteroatoms. The van der Waals surface area contributed by atoms with Crippen LogP contribution in [0.1, 0.15) is 18.7 Å². The first-order chi connectivity index (χ1) is 10.1. The van der Waals surface area contributed by atoms with Gasteiger partial charge in [0, 0.05) is 16.5 Å². The highest BCUT2D eigenvalue weighted by Crippen LogP contribution is 2.31. The SMILES string of the molecule is CC(Nc1cccc2c(O)cccc12)c1ccc(F)cn1. The predicted octanol–water partition coefficient (Wildman–Crippen LogP) is 4.25. The number of halogens is 1. The Bertz CT molecular complexity index is 771. The Morgan fingerprint density at radius 3 is 2.57 bits per heavy atom. The molecule has 0 amide bonds. The molecule has 1 heterocycles. The molecule has 106 valence electrons. The summed E-state index contributed by atoms with van der Waals surface area (Å²) in [6, 6.07) is 14.1. The lowest BCUT2D eigenvalue weighted by Gasteiger charge is -2.16. The standard InChI is InChI=1S/C17H15FN2O/c1-11(15-9-8-12(18)10-19-15)20-16-6-2-5-14-13(16)4-3-7-17(14)21/h2-11,20-21H,1H3. The van der Waals surface area contributed by atoms with E-state index in [0.29, 0.717) is 0 Å². The van der Waals surface area contributed by atoms with Gasteiger partial charge in [-0.05, 0) is 31.2 Å². The van der Waals surface area contributed by atoms with Crippen molar-refractivity contribution in [3.8, 4) is 5.75 Å². The first kappa shape index (κ1) is 13.4. The zero-order chi connectivity index (χ0) is 14.8. The molecule has 3 aromatic rings. The molecule has 3 rings (SSSR count). The quantitative estimate of drug-likeness (QED) is 0.754. The van der Waals surface area contributed by atoms with E-state index < -0.39 is 0 Å². The van der Waals surface area contributed by atoms with Crippen molar-refractivity contribution in [2.45, 2.75) is 13.0 Å². The molecule has 0 saturated carbocycles. The second-order valence-corrected chi connectivity index (χ2v) is 4.95. The number of nitrogens with one attached hydrogen (secondary N) is 1. The van der Waals surface area contributed by atoms with Crippen LogP contribution in [0, 0.1) is 5.82 Å². The smallest absolute Gasteiger partial charge is 0.141 e. The number of hydrogen-bond acceptors (Lipinski definition) is 3.